The molecule has 0 saturated heterocycles. The molecule has 0 saturated carbocycles. The quantitative estimate of drug-likeness (QED) is 0.470. The minimum Gasteiger partial charge on any atom is -0.310 e. The Hall–Kier alpha value is -3.59. The van der Waals surface area contributed by atoms with E-state index in [1.165, 1.54) is 15.9 Å². The van der Waals surface area contributed by atoms with Crippen LogP contribution in [-0.2, 0) is 17.8 Å². The number of nitrogens with one attached hydrogen (secondary N) is 1. The molecular formula is C22H22N6O2S. The van der Waals surface area contributed by atoms with E-state index in [1.54, 1.807) is 13.0 Å². The van der Waals surface area contributed by atoms with Crippen molar-refractivity contribution in [2.75, 3.05) is 5.32 Å². The molecule has 1 aromatic carbocycles. The lowest BCUT2D eigenvalue weighted by molar-refractivity contribution is -0.115. The van der Waals surface area contributed by atoms with Gasteiger partial charge in [-0.05, 0) is 20.8 Å². The largest absolute Gasteiger partial charge is 0.310 e. The fourth-order valence-electron chi connectivity index (χ4n) is 3.32. The number of fused-ring (bicyclic) bond motifs is 1. The highest BCUT2D eigenvalue weighted by Crippen LogP contribution is 2.19. The van der Waals surface area contributed by atoms with E-state index in [2.05, 4.69) is 27.0 Å². The van der Waals surface area contributed by atoms with Crippen molar-refractivity contribution >= 4 is 28.2 Å². The van der Waals surface area contributed by atoms with Gasteiger partial charge in [-0.2, -0.15) is 9.50 Å². The van der Waals surface area contributed by atoms with Crippen molar-refractivity contribution in [2.45, 2.75) is 33.7 Å². The monoisotopic (exact) mass is 434 g/mol. The molecule has 1 N–H and O–H groups in total. The number of anilines is 1. The van der Waals surface area contributed by atoms with Crippen LogP contribution in [0, 0.1) is 20.8 Å². The summed E-state index contributed by atoms with van der Waals surface area (Å²) in [5.74, 6) is 0.560. The van der Waals surface area contributed by atoms with E-state index in [1.807, 2.05) is 48.1 Å². The molecular weight excluding hydrogens is 412 g/mol. The molecule has 0 radical (unpaired) electrons. The first kappa shape index (κ1) is 20.7. The first-order valence-corrected chi connectivity index (χ1v) is 10.6. The van der Waals surface area contributed by atoms with Crippen molar-refractivity contribution in [3.8, 4) is 11.4 Å². The highest BCUT2D eigenvalue weighted by Gasteiger charge is 2.20. The van der Waals surface area contributed by atoms with Gasteiger partial charge in [0.2, 0.25) is 11.7 Å². The molecule has 4 rings (SSSR count). The molecule has 0 spiro atoms. The van der Waals surface area contributed by atoms with Gasteiger partial charge in [0, 0.05) is 28.7 Å². The molecule has 1 amide bonds. The number of carbonyl (C=O) groups is 1. The molecule has 8 nitrogen and oxygen atoms in total. The third kappa shape index (κ3) is 4.04. The Morgan fingerprint density at radius 2 is 1.94 bits per heavy atom. The normalized spacial score (nSPS) is 11.1. The summed E-state index contributed by atoms with van der Waals surface area (Å²) in [5, 5.41) is 9.57. The Kier molecular flexibility index (Phi) is 5.51. The third-order valence-electron chi connectivity index (χ3n) is 4.95. The number of allylic oxidation sites excluding steroid dienone is 1. The van der Waals surface area contributed by atoms with Crippen LogP contribution in [0.1, 0.15) is 22.5 Å². The zero-order chi connectivity index (χ0) is 22.1. The van der Waals surface area contributed by atoms with Gasteiger partial charge >= 0.3 is 0 Å². The van der Waals surface area contributed by atoms with Gasteiger partial charge in [-0.1, -0.05) is 35.9 Å². The van der Waals surface area contributed by atoms with Crippen LogP contribution >= 0.6 is 11.3 Å². The Labute approximate surface area is 182 Å². The fraction of sp³-hybridized carbons (Fsp3) is 0.227. The topological polar surface area (TPSA) is 94.2 Å². The van der Waals surface area contributed by atoms with E-state index >= 15 is 0 Å². The van der Waals surface area contributed by atoms with Crippen molar-refractivity contribution in [1.29, 1.82) is 0 Å². The number of aryl methyl sites for hydroxylation is 2. The molecule has 0 aliphatic rings. The van der Waals surface area contributed by atoms with Crippen LogP contribution in [0.25, 0.3) is 17.2 Å². The Morgan fingerprint density at radius 1 is 1.19 bits per heavy atom. The maximum Gasteiger partial charge on any atom is 0.279 e. The molecule has 4 aromatic rings. The van der Waals surface area contributed by atoms with Gasteiger partial charge in [0.15, 0.2) is 11.0 Å². The zero-order valence-corrected chi connectivity index (χ0v) is 18.4. The van der Waals surface area contributed by atoms with Crippen LogP contribution in [0.2, 0.25) is 0 Å². The average molecular weight is 435 g/mol. The molecule has 0 atom stereocenters. The number of carbonyl (C=O) groups excluding carboxylic acids is 1. The number of amides is 1. The summed E-state index contributed by atoms with van der Waals surface area (Å²) in [6.45, 7) is 9.90. The van der Waals surface area contributed by atoms with E-state index < -0.39 is 0 Å². The smallest absolute Gasteiger partial charge is 0.279 e. The second kappa shape index (κ2) is 8.27. The van der Waals surface area contributed by atoms with Gasteiger partial charge < -0.3 is 9.88 Å². The van der Waals surface area contributed by atoms with E-state index in [0.717, 1.165) is 16.8 Å². The molecule has 158 valence electrons. The fourth-order valence-corrected chi connectivity index (χ4v) is 4.03. The van der Waals surface area contributed by atoms with Crippen molar-refractivity contribution in [3.63, 3.8) is 0 Å². The third-order valence-corrected chi connectivity index (χ3v) is 5.82. The summed E-state index contributed by atoms with van der Waals surface area (Å²) in [7, 11) is 0. The van der Waals surface area contributed by atoms with Gasteiger partial charge in [0.1, 0.15) is 0 Å². The van der Waals surface area contributed by atoms with Crippen molar-refractivity contribution in [3.05, 3.63) is 75.2 Å². The molecule has 0 aliphatic carbocycles. The highest BCUT2D eigenvalue weighted by molar-refractivity contribution is 7.13. The predicted octanol–water partition coefficient (Wildman–Crippen LogP) is 3.31. The first-order chi connectivity index (χ1) is 14.9. The Morgan fingerprint density at radius 3 is 2.58 bits per heavy atom. The van der Waals surface area contributed by atoms with Crippen LogP contribution < -0.4 is 10.9 Å². The van der Waals surface area contributed by atoms with Crippen LogP contribution in [0.5, 0.6) is 0 Å². The number of nitrogens with zero attached hydrogens (tertiary/aromatic N) is 5. The number of aromatic nitrogens is 5. The summed E-state index contributed by atoms with van der Waals surface area (Å²) in [6.07, 6.45) is 1.63. The lowest BCUT2D eigenvalue weighted by Crippen LogP contribution is -2.29. The van der Waals surface area contributed by atoms with Crippen LogP contribution in [0.3, 0.4) is 0 Å². The molecule has 31 heavy (non-hydrogen) atoms. The van der Waals surface area contributed by atoms with Crippen LogP contribution in [-0.4, -0.2) is 30.1 Å². The molecule has 0 bridgehead atoms. The van der Waals surface area contributed by atoms with Crippen molar-refractivity contribution in [1.82, 2.24) is 24.1 Å². The molecule has 3 aromatic heterocycles. The molecule has 0 unspecified atom stereocenters. The minimum absolute atomic E-state index is 0.0872. The Balaban J connectivity index is 1.78. The molecule has 0 fully saturated rings. The van der Waals surface area contributed by atoms with Gasteiger partial charge in [0.25, 0.3) is 5.56 Å². The highest BCUT2D eigenvalue weighted by atomic mass is 32.1. The number of benzene rings is 1. The lowest BCUT2D eigenvalue weighted by atomic mass is 10.1. The van der Waals surface area contributed by atoms with Crippen molar-refractivity contribution in [2.24, 2.45) is 0 Å². The SMILES string of the molecule is C=CCn1c(C)c(CC(=O)Nc2nc(C)cs2)c(=O)n2nc(-c3ccc(C)cc3)nc12. The number of hydrogen-bond donors (Lipinski definition) is 1. The average Bonchev–Trinajstić information content (AvgIpc) is 3.35. The molecule has 9 heteroatoms. The molecule has 0 aliphatic heterocycles. The first-order valence-electron chi connectivity index (χ1n) is 9.76. The second-order valence-corrected chi connectivity index (χ2v) is 8.16. The summed E-state index contributed by atoms with van der Waals surface area (Å²) in [5.41, 5.74) is 3.43. The summed E-state index contributed by atoms with van der Waals surface area (Å²) in [4.78, 5) is 34.7. The maximum atomic E-state index is 13.2. The van der Waals surface area contributed by atoms with Gasteiger partial charge in [-0.3, -0.25) is 9.59 Å². The maximum absolute atomic E-state index is 13.2. The second-order valence-electron chi connectivity index (χ2n) is 7.30. The van der Waals surface area contributed by atoms with E-state index in [9.17, 15) is 9.59 Å². The van der Waals surface area contributed by atoms with Gasteiger partial charge in [-0.15, -0.1) is 23.0 Å². The molecule has 3 heterocycles. The Bertz CT molecular complexity index is 1350. The number of thiazole rings is 1. The lowest BCUT2D eigenvalue weighted by Gasteiger charge is -2.13. The predicted molar refractivity (Wildman–Crippen MR) is 122 cm³/mol. The summed E-state index contributed by atoms with van der Waals surface area (Å²) >= 11 is 1.35. The van der Waals surface area contributed by atoms with E-state index in [0.29, 0.717) is 34.5 Å². The minimum atomic E-state index is -0.357. The van der Waals surface area contributed by atoms with Crippen LogP contribution in [0.4, 0.5) is 5.13 Å². The summed E-state index contributed by atoms with van der Waals surface area (Å²) in [6, 6.07) is 7.78. The van der Waals surface area contributed by atoms with Crippen LogP contribution in [0.15, 0.2) is 47.1 Å². The van der Waals surface area contributed by atoms with E-state index in [-0.39, 0.29) is 17.9 Å². The van der Waals surface area contributed by atoms with Crippen molar-refractivity contribution < 1.29 is 4.79 Å². The zero-order valence-electron chi connectivity index (χ0n) is 17.5. The van der Waals surface area contributed by atoms with E-state index in [4.69, 9.17) is 0 Å². The van der Waals surface area contributed by atoms with Gasteiger partial charge in [-0.25, -0.2) is 4.98 Å². The standard InChI is InChI=1S/C22H22N6O2S/c1-5-10-27-15(4)17(11-18(29)24-21-23-14(3)12-31-21)20(30)28-22(27)25-19(26-28)16-8-6-13(2)7-9-16/h5-9,12H,1,10-11H2,2-4H3,(H,23,24,29). The number of rotatable bonds is 6. The van der Waals surface area contributed by atoms with Gasteiger partial charge in [0.05, 0.1) is 12.1 Å². The summed E-state index contributed by atoms with van der Waals surface area (Å²) < 4.78 is 3.11. The number of hydrogen-bond acceptors (Lipinski definition) is 6.